The highest BCUT2D eigenvalue weighted by Gasteiger charge is 2.18. The lowest BCUT2D eigenvalue weighted by molar-refractivity contribution is 0.390. The van der Waals surface area contributed by atoms with Crippen molar-refractivity contribution in [1.82, 2.24) is 20.3 Å². The largest absolute Gasteiger partial charge is 0.361 e. The number of aromatic nitrogens is 3. The van der Waals surface area contributed by atoms with Gasteiger partial charge >= 0.3 is 0 Å². The normalized spacial score (nSPS) is 12.9. The van der Waals surface area contributed by atoms with Crippen molar-refractivity contribution in [1.29, 1.82) is 0 Å². The second-order valence-electron chi connectivity index (χ2n) is 5.02. The van der Waals surface area contributed by atoms with Gasteiger partial charge in [-0.05, 0) is 43.1 Å². The molecule has 0 aliphatic rings. The summed E-state index contributed by atoms with van der Waals surface area (Å²) in [7, 11) is 1.97. The number of rotatable bonds is 5. The van der Waals surface area contributed by atoms with E-state index in [2.05, 4.69) is 45.3 Å². The molecule has 20 heavy (non-hydrogen) atoms. The lowest BCUT2D eigenvalue weighted by Gasteiger charge is -2.14. The molecular formula is C14H21BrN4O. The maximum Gasteiger partial charge on any atom is 0.138 e. The second-order valence-corrected chi connectivity index (χ2v) is 5.82. The monoisotopic (exact) mass is 340 g/mol. The van der Waals surface area contributed by atoms with E-state index >= 15 is 0 Å². The second kappa shape index (κ2) is 6.10. The third kappa shape index (κ3) is 2.81. The third-order valence-electron chi connectivity index (χ3n) is 3.60. The molecule has 110 valence electrons. The molecule has 6 heteroatoms. The molecule has 1 unspecified atom stereocenters. The first kappa shape index (κ1) is 15.3. The van der Waals surface area contributed by atoms with Crippen LogP contribution in [0, 0.1) is 13.8 Å². The molecule has 0 saturated carbocycles. The summed E-state index contributed by atoms with van der Waals surface area (Å²) in [5, 5.41) is 12.0. The summed E-state index contributed by atoms with van der Waals surface area (Å²) in [4.78, 5) is 0. The van der Waals surface area contributed by atoms with Crippen LogP contribution in [-0.4, -0.2) is 14.9 Å². The van der Waals surface area contributed by atoms with Gasteiger partial charge in [0.25, 0.3) is 0 Å². The molecule has 1 N–H and O–H groups in total. The molecule has 0 radical (unpaired) electrons. The number of nitrogens with one attached hydrogen (secondary N) is 1. The SMILES string of the molecule is CCc1nn(C)c(CNC(C)c2c(C)noc2C)c1Br. The minimum atomic E-state index is 0.188. The van der Waals surface area contributed by atoms with Crippen molar-refractivity contribution in [2.45, 2.75) is 46.7 Å². The van der Waals surface area contributed by atoms with Crippen LogP contribution in [0.15, 0.2) is 9.00 Å². The van der Waals surface area contributed by atoms with E-state index in [9.17, 15) is 0 Å². The van der Waals surface area contributed by atoms with Crippen LogP contribution in [-0.2, 0) is 20.0 Å². The van der Waals surface area contributed by atoms with E-state index in [0.29, 0.717) is 0 Å². The van der Waals surface area contributed by atoms with E-state index < -0.39 is 0 Å². The van der Waals surface area contributed by atoms with Gasteiger partial charge in [0.05, 0.1) is 21.6 Å². The summed E-state index contributed by atoms with van der Waals surface area (Å²) >= 11 is 3.64. The van der Waals surface area contributed by atoms with Crippen LogP contribution in [0.1, 0.15) is 48.3 Å². The summed E-state index contributed by atoms with van der Waals surface area (Å²) < 4.78 is 8.25. The Labute approximate surface area is 127 Å². The Balaban J connectivity index is 2.11. The quantitative estimate of drug-likeness (QED) is 0.907. The summed E-state index contributed by atoms with van der Waals surface area (Å²) in [5.41, 5.74) is 4.33. The van der Waals surface area contributed by atoms with Gasteiger partial charge in [-0.25, -0.2) is 0 Å². The third-order valence-corrected chi connectivity index (χ3v) is 4.52. The van der Waals surface area contributed by atoms with Crippen molar-refractivity contribution < 1.29 is 4.52 Å². The Morgan fingerprint density at radius 3 is 2.60 bits per heavy atom. The Hall–Kier alpha value is -1.14. The lowest BCUT2D eigenvalue weighted by atomic mass is 10.1. The highest BCUT2D eigenvalue weighted by Crippen LogP contribution is 2.24. The van der Waals surface area contributed by atoms with Crippen molar-refractivity contribution in [2.75, 3.05) is 0 Å². The van der Waals surface area contributed by atoms with Gasteiger partial charge in [-0.2, -0.15) is 5.10 Å². The van der Waals surface area contributed by atoms with Crippen LogP contribution in [0.5, 0.6) is 0 Å². The fourth-order valence-corrected chi connectivity index (χ4v) is 3.23. The predicted octanol–water partition coefficient (Wildman–Crippen LogP) is 3.20. The highest BCUT2D eigenvalue weighted by atomic mass is 79.9. The molecule has 0 saturated heterocycles. The van der Waals surface area contributed by atoms with E-state index in [-0.39, 0.29) is 6.04 Å². The molecule has 0 aromatic carbocycles. The van der Waals surface area contributed by atoms with E-state index in [1.165, 1.54) is 0 Å². The summed E-state index contributed by atoms with van der Waals surface area (Å²) in [5.74, 6) is 0.876. The molecule has 2 aromatic heterocycles. The first-order valence-corrected chi connectivity index (χ1v) is 7.61. The van der Waals surface area contributed by atoms with Gasteiger partial charge in [0.2, 0.25) is 0 Å². The fourth-order valence-electron chi connectivity index (χ4n) is 2.47. The summed E-state index contributed by atoms with van der Waals surface area (Å²) in [6, 6.07) is 0.188. The summed E-state index contributed by atoms with van der Waals surface area (Å²) in [6.07, 6.45) is 0.924. The fraction of sp³-hybridized carbons (Fsp3) is 0.571. The number of halogens is 1. The lowest BCUT2D eigenvalue weighted by Crippen LogP contribution is -2.21. The van der Waals surface area contributed by atoms with Crippen molar-refractivity contribution in [3.8, 4) is 0 Å². The van der Waals surface area contributed by atoms with Crippen molar-refractivity contribution in [2.24, 2.45) is 7.05 Å². The van der Waals surface area contributed by atoms with Gasteiger partial charge in [-0.1, -0.05) is 12.1 Å². The van der Waals surface area contributed by atoms with Crippen LogP contribution < -0.4 is 5.32 Å². The molecule has 0 aliphatic heterocycles. The molecule has 0 fully saturated rings. The van der Waals surface area contributed by atoms with E-state index in [1.807, 2.05) is 25.6 Å². The van der Waals surface area contributed by atoms with E-state index in [1.54, 1.807) is 0 Å². The predicted molar refractivity (Wildman–Crippen MR) is 81.5 cm³/mol. The Morgan fingerprint density at radius 2 is 2.10 bits per heavy atom. The maximum absolute atomic E-state index is 5.22. The molecule has 0 spiro atoms. The van der Waals surface area contributed by atoms with Gasteiger partial charge in [0.15, 0.2) is 0 Å². The molecule has 1 atom stereocenters. The van der Waals surface area contributed by atoms with Crippen molar-refractivity contribution in [3.63, 3.8) is 0 Å². The molecule has 2 heterocycles. The molecule has 5 nitrogen and oxygen atoms in total. The van der Waals surface area contributed by atoms with Gasteiger partial charge in [0.1, 0.15) is 5.76 Å². The molecule has 0 bridgehead atoms. The Kier molecular flexibility index (Phi) is 4.65. The zero-order valence-electron chi connectivity index (χ0n) is 12.6. The standard InChI is InChI=1S/C14H21BrN4O/c1-6-11-14(15)12(19(5)17-11)7-16-8(2)13-9(3)18-20-10(13)4/h8,16H,6-7H2,1-5H3. The summed E-state index contributed by atoms with van der Waals surface area (Å²) in [6.45, 7) is 8.89. The number of hydrogen-bond acceptors (Lipinski definition) is 4. The molecular weight excluding hydrogens is 320 g/mol. The van der Waals surface area contributed by atoms with E-state index in [4.69, 9.17) is 4.52 Å². The topological polar surface area (TPSA) is 55.9 Å². The first-order chi connectivity index (χ1) is 9.45. The number of nitrogens with zero attached hydrogens (tertiary/aromatic N) is 3. The van der Waals surface area contributed by atoms with Gasteiger partial charge in [0, 0.05) is 25.2 Å². The van der Waals surface area contributed by atoms with Crippen molar-refractivity contribution in [3.05, 3.63) is 32.9 Å². The number of aryl methyl sites for hydroxylation is 4. The van der Waals surface area contributed by atoms with Crippen LogP contribution >= 0.6 is 15.9 Å². The Morgan fingerprint density at radius 1 is 1.40 bits per heavy atom. The van der Waals surface area contributed by atoms with Crippen LogP contribution in [0.3, 0.4) is 0 Å². The zero-order chi connectivity index (χ0) is 14.9. The number of hydrogen-bond donors (Lipinski definition) is 1. The average Bonchev–Trinajstić information content (AvgIpc) is 2.88. The molecule has 0 aliphatic carbocycles. The van der Waals surface area contributed by atoms with Crippen LogP contribution in [0.25, 0.3) is 0 Å². The molecule has 0 amide bonds. The minimum absolute atomic E-state index is 0.188. The maximum atomic E-state index is 5.22. The van der Waals surface area contributed by atoms with Crippen molar-refractivity contribution >= 4 is 15.9 Å². The van der Waals surface area contributed by atoms with Gasteiger partial charge in [-0.3, -0.25) is 4.68 Å². The zero-order valence-corrected chi connectivity index (χ0v) is 14.2. The van der Waals surface area contributed by atoms with Gasteiger partial charge < -0.3 is 9.84 Å². The first-order valence-electron chi connectivity index (χ1n) is 6.82. The van der Waals surface area contributed by atoms with E-state index in [0.717, 1.165) is 45.8 Å². The average molecular weight is 341 g/mol. The van der Waals surface area contributed by atoms with Crippen LogP contribution in [0.4, 0.5) is 0 Å². The molecule has 2 aromatic rings. The molecule has 2 rings (SSSR count). The minimum Gasteiger partial charge on any atom is -0.361 e. The highest BCUT2D eigenvalue weighted by molar-refractivity contribution is 9.10. The van der Waals surface area contributed by atoms with Gasteiger partial charge in [-0.15, -0.1) is 0 Å². The smallest absolute Gasteiger partial charge is 0.138 e. The Bertz CT molecular complexity index is 583. The van der Waals surface area contributed by atoms with Crippen LogP contribution in [0.2, 0.25) is 0 Å².